The third-order valence-electron chi connectivity index (χ3n) is 2.36. The molecule has 0 radical (unpaired) electrons. The maximum absolute atomic E-state index is 10.9. The van der Waals surface area contributed by atoms with Crippen molar-refractivity contribution < 1.29 is 14.1 Å². The Morgan fingerprint density at radius 3 is 2.87 bits per heavy atom. The molecule has 1 fully saturated rings. The van der Waals surface area contributed by atoms with E-state index >= 15 is 0 Å². The number of rotatable bonds is 3. The molecule has 0 aromatic heterocycles. The fourth-order valence-electron chi connectivity index (χ4n) is 1.59. The van der Waals surface area contributed by atoms with Crippen LogP contribution in [0.25, 0.3) is 0 Å². The van der Waals surface area contributed by atoms with Gasteiger partial charge in [0.2, 0.25) is 5.25 Å². The predicted molar refractivity (Wildman–Crippen MR) is 59.5 cm³/mol. The van der Waals surface area contributed by atoms with E-state index in [4.69, 9.17) is 9.29 Å². The molecule has 2 rings (SSSR count). The van der Waals surface area contributed by atoms with Crippen LogP contribution in [0.15, 0.2) is 30.3 Å². The molecule has 1 aromatic carbocycles. The van der Waals surface area contributed by atoms with Crippen LogP contribution in [0.3, 0.4) is 0 Å². The lowest BCUT2D eigenvalue weighted by Gasteiger charge is -2.03. The zero-order valence-corrected chi connectivity index (χ0v) is 9.07. The average molecular weight is 225 g/mol. The fraction of sp³-hybridized carbons (Fsp3) is 0.364. The lowest BCUT2D eigenvalue weighted by Crippen LogP contribution is -2.26. The Morgan fingerprint density at radius 2 is 2.20 bits per heavy atom. The van der Waals surface area contributed by atoms with Crippen molar-refractivity contribution in [3.05, 3.63) is 35.9 Å². The topological polar surface area (TPSA) is 46.5 Å². The van der Waals surface area contributed by atoms with Crippen molar-refractivity contribution in [2.45, 2.75) is 17.4 Å². The van der Waals surface area contributed by atoms with Crippen molar-refractivity contribution in [1.82, 2.24) is 0 Å². The van der Waals surface area contributed by atoms with Crippen LogP contribution in [0, 0.1) is 0 Å². The molecule has 1 unspecified atom stereocenters. The summed E-state index contributed by atoms with van der Waals surface area (Å²) in [7, 11) is 0. The van der Waals surface area contributed by atoms with Crippen molar-refractivity contribution in [3.63, 3.8) is 0 Å². The van der Waals surface area contributed by atoms with Gasteiger partial charge in [-0.05, 0) is 0 Å². The van der Waals surface area contributed by atoms with Crippen molar-refractivity contribution in [1.29, 1.82) is 0 Å². The molecule has 1 aliphatic heterocycles. The quantitative estimate of drug-likeness (QED) is 0.795. The SMILES string of the molecule is O=C(O)[C@H]1CCO[S+]1Cc1ccccc1. The van der Waals surface area contributed by atoms with Crippen LogP contribution >= 0.6 is 0 Å². The molecule has 0 amide bonds. The van der Waals surface area contributed by atoms with Gasteiger partial charge in [0.25, 0.3) is 0 Å². The maximum Gasteiger partial charge on any atom is 0.360 e. The molecule has 4 heteroatoms. The Morgan fingerprint density at radius 1 is 1.47 bits per heavy atom. The summed E-state index contributed by atoms with van der Waals surface area (Å²) in [5.74, 6) is -0.00980. The second-order valence-electron chi connectivity index (χ2n) is 3.45. The largest absolute Gasteiger partial charge is 0.477 e. The fourth-order valence-corrected chi connectivity index (χ4v) is 3.46. The van der Waals surface area contributed by atoms with E-state index in [1.54, 1.807) is 0 Å². The monoisotopic (exact) mass is 225 g/mol. The number of carboxylic acid groups (broad SMARTS) is 1. The second-order valence-corrected chi connectivity index (χ2v) is 5.30. The standard InChI is InChI=1S/C11H12O3S/c12-11(13)10-6-7-14-15(10)8-9-4-2-1-3-5-9/h1-5,10H,6-8H2/p+1/t10-,15?/m1/s1. The van der Waals surface area contributed by atoms with Crippen LogP contribution < -0.4 is 0 Å². The zero-order valence-electron chi connectivity index (χ0n) is 8.26. The van der Waals surface area contributed by atoms with Gasteiger partial charge in [0.15, 0.2) is 16.9 Å². The summed E-state index contributed by atoms with van der Waals surface area (Å²) in [4.78, 5) is 10.9. The van der Waals surface area contributed by atoms with Crippen LogP contribution in [-0.2, 0) is 25.9 Å². The van der Waals surface area contributed by atoms with E-state index in [-0.39, 0.29) is 5.25 Å². The third-order valence-corrected chi connectivity index (χ3v) is 4.52. The van der Waals surface area contributed by atoms with E-state index in [0.29, 0.717) is 13.0 Å². The first-order valence-corrected chi connectivity index (χ1v) is 6.25. The lowest BCUT2D eigenvalue weighted by molar-refractivity contribution is -0.136. The molecule has 1 N–H and O–H groups in total. The smallest absolute Gasteiger partial charge is 0.360 e. The number of carbonyl (C=O) groups is 1. The first kappa shape index (κ1) is 10.5. The molecule has 0 saturated carbocycles. The van der Waals surface area contributed by atoms with Gasteiger partial charge in [0.05, 0.1) is 0 Å². The molecular weight excluding hydrogens is 212 g/mol. The van der Waals surface area contributed by atoms with Gasteiger partial charge in [-0.3, -0.25) is 0 Å². The summed E-state index contributed by atoms with van der Waals surface area (Å²) in [5.41, 5.74) is 1.15. The molecule has 1 aliphatic rings. The van der Waals surface area contributed by atoms with Gasteiger partial charge in [-0.2, -0.15) is 4.18 Å². The van der Waals surface area contributed by atoms with Gasteiger partial charge in [0, 0.05) is 12.0 Å². The van der Waals surface area contributed by atoms with E-state index in [1.165, 1.54) is 0 Å². The molecule has 80 valence electrons. The summed E-state index contributed by atoms with van der Waals surface area (Å²) in [6.07, 6.45) is 0.644. The second kappa shape index (κ2) is 4.68. The van der Waals surface area contributed by atoms with Crippen LogP contribution in [0.5, 0.6) is 0 Å². The minimum atomic E-state index is -0.730. The lowest BCUT2D eigenvalue weighted by atomic mass is 10.2. The van der Waals surface area contributed by atoms with Crippen molar-refractivity contribution in [2.24, 2.45) is 0 Å². The summed E-state index contributed by atoms with van der Waals surface area (Å²) in [6, 6.07) is 9.90. The van der Waals surface area contributed by atoms with Gasteiger partial charge < -0.3 is 5.11 Å². The molecule has 1 heterocycles. The highest BCUT2D eigenvalue weighted by atomic mass is 32.2. The number of benzene rings is 1. The molecule has 0 spiro atoms. The Labute approximate surface area is 91.6 Å². The molecule has 1 saturated heterocycles. The molecule has 0 bridgehead atoms. The highest BCUT2D eigenvalue weighted by molar-refractivity contribution is 7.93. The number of hydrogen-bond donors (Lipinski definition) is 1. The van der Waals surface area contributed by atoms with E-state index in [0.717, 1.165) is 11.3 Å². The van der Waals surface area contributed by atoms with E-state index in [1.807, 2.05) is 30.3 Å². The van der Waals surface area contributed by atoms with Crippen LogP contribution in [0.2, 0.25) is 0 Å². The Hall–Kier alpha value is -1.00. The molecule has 0 aliphatic carbocycles. The highest BCUT2D eigenvalue weighted by Gasteiger charge is 2.44. The third kappa shape index (κ3) is 2.52. The first-order chi connectivity index (χ1) is 7.27. The highest BCUT2D eigenvalue weighted by Crippen LogP contribution is 2.24. The summed E-state index contributed by atoms with van der Waals surface area (Å²) in [5, 5.41) is 8.67. The van der Waals surface area contributed by atoms with Crippen LogP contribution in [0.4, 0.5) is 0 Å². The zero-order chi connectivity index (χ0) is 10.7. The van der Waals surface area contributed by atoms with Gasteiger partial charge in [-0.15, -0.1) is 0 Å². The summed E-state index contributed by atoms with van der Waals surface area (Å²) < 4.78 is 5.48. The van der Waals surface area contributed by atoms with Crippen molar-refractivity contribution in [3.8, 4) is 0 Å². The van der Waals surface area contributed by atoms with Gasteiger partial charge in [-0.25, -0.2) is 4.79 Å². The molecule has 1 aromatic rings. The average Bonchev–Trinajstić information content (AvgIpc) is 2.67. The maximum atomic E-state index is 10.9. The van der Waals surface area contributed by atoms with Crippen molar-refractivity contribution in [2.75, 3.05) is 6.61 Å². The summed E-state index contributed by atoms with van der Waals surface area (Å²) in [6.45, 7) is 0.576. The van der Waals surface area contributed by atoms with E-state index < -0.39 is 17.1 Å². The minimum absolute atomic E-state index is 0.315. The normalized spacial score (nSPS) is 25.3. The first-order valence-electron chi connectivity index (χ1n) is 4.87. The summed E-state index contributed by atoms with van der Waals surface area (Å²) >= 11 is -0.446. The number of carboxylic acids is 1. The predicted octanol–water partition coefficient (Wildman–Crippen LogP) is 1.59. The van der Waals surface area contributed by atoms with Crippen LogP contribution in [-0.4, -0.2) is 22.9 Å². The Bertz CT molecular complexity index is 339. The molecule has 2 atom stereocenters. The number of aliphatic carboxylic acids is 1. The van der Waals surface area contributed by atoms with Gasteiger partial charge in [-0.1, -0.05) is 30.3 Å². The molecular formula is C11H13O3S+. The van der Waals surface area contributed by atoms with Gasteiger partial charge in [0.1, 0.15) is 6.61 Å². The Kier molecular flexibility index (Phi) is 3.28. The minimum Gasteiger partial charge on any atom is -0.477 e. The van der Waals surface area contributed by atoms with Crippen LogP contribution in [0.1, 0.15) is 12.0 Å². The molecule has 3 nitrogen and oxygen atoms in total. The number of hydrogen-bond acceptors (Lipinski definition) is 2. The van der Waals surface area contributed by atoms with Crippen molar-refractivity contribution >= 4 is 17.1 Å². The molecule has 15 heavy (non-hydrogen) atoms. The Balaban J connectivity index is 2.03. The van der Waals surface area contributed by atoms with E-state index in [2.05, 4.69) is 0 Å². The van der Waals surface area contributed by atoms with Gasteiger partial charge >= 0.3 is 5.97 Å². The van der Waals surface area contributed by atoms with E-state index in [9.17, 15) is 4.79 Å².